The van der Waals surface area contributed by atoms with Crippen LogP contribution in [0.4, 0.5) is 11.5 Å². The Morgan fingerprint density at radius 2 is 1.87 bits per heavy atom. The second-order valence-electron chi connectivity index (χ2n) is 8.05. The Bertz CT molecular complexity index is 1020. The van der Waals surface area contributed by atoms with Crippen LogP contribution in [0.3, 0.4) is 0 Å². The number of anilines is 2. The fraction of sp³-hybridized carbons (Fsp3) is 0.333. The van der Waals surface area contributed by atoms with E-state index in [1.807, 2.05) is 59.6 Å². The summed E-state index contributed by atoms with van der Waals surface area (Å²) >= 11 is 0. The zero-order valence-corrected chi connectivity index (χ0v) is 16.9. The van der Waals surface area contributed by atoms with Crippen molar-refractivity contribution in [2.45, 2.75) is 38.1 Å². The summed E-state index contributed by atoms with van der Waals surface area (Å²) in [7, 11) is 0. The van der Waals surface area contributed by atoms with Crippen molar-refractivity contribution in [2.75, 3.05) is 11.9 Å². The maximum absolute atomic E-state index is 12.9. The summed E-state index contributed by atoms with van der Waals surface area (Å²) in [6, 6.07) is 15.8. The monoisotopic (exact) mass is 399 g/mol. The van der Waals surface area contributed by atoms with Gasteiger partial charge in [0.25, 0.3) is 0 Å². The van der Waals surface area contributed by atoms with Crippen LogP contribution in [0.2, 0.25) is 0 Å². The van der Waals surface area contributed by atoms with Crippen molar-refractivity contribution < 1.29 is 4.79 Å². The molecule has 0 radical (unpaired) electrons. The molecule has 1 saturated carbocycles. The van der Waals surface area contributed by atoms with Gasteiger partial charge in [0, 0.05) is 42.2 Å². The van der Waals surface area contributed by atoms with E-state index in [1.54, 1.807) is 6.20 Å². The molecule has 2 fully saturated rings. The molecule has 1 atom stereocenters. The molecule has 1 aliphatic heterocycles. The van der Waals surface area contributed by atoms with Gasteiger partial charge in [0.1, 0.15) is 5.82 Å². The summed E-state index contributed by atoms with van der Waals surface area (Å²) in [5, 5.41) is 3.40. The smallest absolute Gasteiger partial charge is 0.226 e. The molecule has 6 heteroatoms. The highest BCUT2D eigenvalue weighted by molar-refractivity contribution is 5.81. The molecule has 5 rings (SSSR count). The number of amides is 1. The fourth-order valence-electron chi connectivity index (χ4n) is 4.04. The van der Waals surface area contributed by atoms with Crippen LogP contribution >= 0.6 is 0 Å². The third kappa shape index (κ3) is 4.03. The summed E-state index contributed by atoms with van der Waals surface area (Å²) in [6.07, 6.45) is 8.63. The zero-order chi connectivity index (χ0) is 20.3. The number of benzene rings is 1. The van der Waals surface area contributed by atoms with E-state index in [1.165, 1.54) is 0 Å². The number of nitrogens with zero attached hydrogens (tertiary/aromatic N) is 4. The van der Waals surface area contributed by atoms with Gasteiger partial charge in [0.15, 0.2) is 5.82 Å². The second kappa shape index (κ2) is 8.22. The van der Waals surface area contributed by atoms with Crippen LogP contribution < -0.4 is 5.32 Å². The van der Waals surface area contributed by atoms with E-state index in [0.29, 0.717) is 5.82 Å². The topological polar surface area (TPSA) is 71.0 Å². The van der Waals surface area contributed by atoms with Gasteiger partial charge in [-0.25, -0.2) is 9.97 Å². The first-order chi connectivity index (χ1) is 14.8. The molecule has 30 heavy (non-hydrogen) atoms. The van der Waals surface area contributed by atoms with E-state index < -0.39 is 0 Å². The lowest BCUT2D eigenvalue weighted by Crippen LogP contribution is -2.40. The van der Waals surface area contributed by atoms with Crippen molar-refractivity contribution in [3.63, 3.8) is 0 Å². The quantitative estimate of drug-likeness (QED) is 0.671. The average molecular weight is 399 g/mol. The molecule has 1 aromatic carbocycles. The SMILES string of the molecule is O=C(C1CC1)N1CCCC[C@H]1c1nc(Nc2ccccc2)cc(-c2cccnc2)n1. The van der Waals surface area contributed by atoms with Crippen molar-refractivity contribution in [3.05, 3.63) is 66.7 Å². The first-order valence-corrected chi connectivity index (χ1v) is 10.7. The molecule has 152 valence electrons. The number of carbonyl (C=O) groups excluding carboxylic acids is 1. The summed E-state index contributed by atoms with van der Waals surface area (Å²) in [5.74, 6) is 1.92. The Morgan fingerprint density at radius 1 is 1.00 bits per heavy atom. The van der Waals surface area contributed by atoms with E-state index >= 15 is 0 Å². The molecule has 2 aromatic heterocycles. The van der Waals surface area contributed by atoms with Crippen molar-refractivity contribution in [3.8, 4) is 11.3 Å². The number of hydrogen-bond donors (Lipinski definition) is 1. The van der Waals surface area contributed by atoms with Crippen LogP contribution in [0.25, 0.3) is 11.3 Å². The maximum atomic E-state index is 12.9. The van der Waals surface area contributed by atoms with Gasteiger partial charge in [-0.2, -0.15) is 0 Å². The highest BCUT2D eigenvalue weighted by atomic mass is 16.2. The first kappa shape index (κ1) is 18.7. The summed E-state index contributed by atoms with van der Waals surface area (Å²) in [6.45, 7) is 0.794. The minimum Gasteiger partial charge on any atom is -0.340 e. The minimum atomic E-state index is -0.0696. The summed E-state index contributed by atoms with van der Waals surface area (Å²) < 4.78 is 0. The Hall–Kier alpha value is -3.28. The van der Waals surface area contributed by atoms with Crippen molar-refractivity contribution >= 4 is 17.4 Å². The summed E-state index contributed by atoms with van der Waals surface area (Å²) in [4.78, 5) is 28.9. The molecule has 2 aliphatic rings. The highest BCUT2D eigenvalue weighted by Crippen LogP contribution is 2.38. The van der Waals surface area contributed by atoms with E-state index in [9.17, 15) is 4.79 Å². The zero-order valence-electron chi connectivity index (χ0n) is 16.9. The fourth-order valence-corrected chi connectivity index (χ4v) is 4.04. The number of rotatable bonds is 5. The third-order valence-electron chi connectivity index (χ3n) is 5.76. The molecule has 3 heterocycles. The van der Waals surface area contributed by atoms with E-state index in [-0.39, 0.29) is 17.9 Å². The van der Waals surface area contributed by atoms with Crippen LogP contribution in [0.1, 0.15) is 44.0 Å². The first-order valence-electron chi connectivity index (χ1n) is 10.7. The number of piperidine rings is 1. The van der Waals surface area contributed by atoms with Gasteiger partial charge >= 0.3 is 0 Å². The molecule has 6 nitrogen and oxygen atoms in total. The van der Waals surface area contributed by atoms with Crippen LogP contribution in [0.15, 0.2) is 60.9 Å². The van der Waals surface area contributed by atoms with Gasteiger partial charge in [0.2, 0.25) is 5.91 Å². The molecule has 1 saturated heterocycles. The predicted octanol–water partition coefficient (Wildman–Crippen LogP) is 4.75. The number of carbonyl (C=O) groups is 1. The lowest BCUT2D eigenvalue weighted by molar-refractivity contribution is -0.136. The Balaban J connectivity index is 1.54. The number of aromatic nitrogens is 3. The van der Waals surface area contributed by atoms with Gasteiger partial charge in [0.05, 0.1) is 11.7 Å². The second-order valence-corrected chi connectivity index (χ2v) is 8.05. The largest absolute Gasteiger partial charge is 0.340 e. The van der Waals surface area contributed by atoms with Crippen LogP contribution in [-0.2, 0) is 4.79 Å². The Kier molecular flexibility index (Phi) is 5.13. The lowest BCUT2D eigenvalue weighted by atomic mass is 10.00. The van der Waals surface area contributed by atoms with Gasteiger partial charge in [-0.15, -0.1) is 0 Å². The van der Waals surface area contributed by atoms with Gasteiger partial charge in [-0.05, 0) is 56.4 Å². The van der Waals surface area contributed by atoms with Crippen LogP contribution in [-0.4, -0.2) is 32.3 Å². The van der Waals surface area contributed by atoms with Gasteiger partial charge < -0.3 is 10.2 Å². The average Bonchev–Trinajstić information content (AvgIpc) is 3.65. The van der Waals surface area contributed by atoms with Crippen molar-refractivity contribution in [1.29, 1.82) is 0 Å². The Labute approximate surface area is 176 Å². The third-order valence-corrected chi connectivity index (χ3v) is 5.76. The molecule has 1 amide bonds. The summed E-state index contributed by atoms with van der Waals surface area (Å²) in [5.41, 5.74) is 2.72. The molecule has 0 unspecified atom stereocenters. The predicted molar refractivity (Wildman–Crippen MR) is 116 cm³/mol. The molecule has 1 N–H and O–H groups in total. The van der Waals surface area contributed by atoms with Gasteiger partial charge in [-0.1, -0.05) is 18.2 Å². The normalized spacial score (nSPS) is 18.8. The highest BCUT2D eigenvalue weighted by Gasteiger charge is 2.38. The molecular weight excluding hydrogens is 374 g/mol. The van der Waals surface area contributed by atoms with Crippen LogP contribution in [0.5, 0.6) is 0 Å². The maximum Gasteiger partial charge on any atom is 0.226 e. The number of nitrogens with one attached hydrogen (secondary N) is 1. The minimum absolute atomic E-state index is 0.0696. The van der Waals surface area contributed by atoms with Crippen LogP contribution in [0, 0.1) is 5.92 Å². The number of pyridine rings is 1. The Morgan fingerprint density at radius 3 is 2.63 bits per heavy atom. The molecule has 0 bridgehead atoms. The lowest BCUT2D eigenvalue weighted by Gasteiger charge is -2.35. The van der Waals surface area contributed by atoms with Gasteiger partial charge in [-0.3, -0.25) is 9.78 Å². The molecule has 3 aromatic rings. The van der Waals surface area contributed by atoms with Crippen molar-refractivity contribution in [1.82, 2.24) is 19.9 Å². The van der Waals surface area contributed by atoms with E-state index in [4.69, 9.17) is 9.97 Å². The number of para-hydroxylation sites is 1. The standard InChI is InChI=1S/C24H25N5O/c30-24(17-11-12-17)29-14-5-4-10-21(29)23-27-20(18-7-6-13-25-16-18)15-22(28-23)26-19-8-2-1-3-9-19/h1-3,6-9,13,15-17,21H,4-5,10-12,14H2,(H,26,27,28)/t21-/m0/s1. The molecule has 1 aliphatic carbocycles. The number of hydrogen-bond acceptors (Lipinski definition) is 5. The molecule has 0 spiro atoms. The van der Waals surface area contributed by atoms with E-state index in [2.05, 4.69) is 10.3 Å². The van der Waals surface area contributed by atoms with E-state index in [0.717, 1.165) is 61.4 Å². The molecular formula is C24H25N5O. The van der Waals surface area contributed by atoms with Crippen molar-refractivity contribution in [2.24, 2.45) is 5.92 Å². The number of likely N-dealkylation sites (tertiary alicyclic amines) is 1.